The maximum Gasteiger partial charge on any atom is 0.0899 e. The van der Waals surface area contributed by atoms with Gasteiger partial charge in [0, 0.05) is 0 Å². The lowest BCUT2D eigenvalue weighted by atomic mass is 9.83. The third-order valence-electron chi connectivity index (χ3n) is 4.75. The summed E-state index contributed by atoms with van der Waals surface area (Å²) in [5.74, 6) is 0.824. The molecule has 1 fully saturated rings. The molecule has 2 rings (SSSR count). The Morgan fingerprint density at radius 2 is 2.00 bits per heavy atom. The highest BCUT2D eigenvalue weighted by molar-refractivity contribution is 5.34. The Balaban J connectivity index is 2.17. The van der Waals surface area contributed by atoms with Crippen molar-refractivity contribution >= 4 is 0 Å². The predicted molar refractivity (Wildman–Crippen MR) is 81.3 cm³/mol. The minimum Gasteiger partial charge on any atom is -0.385 e. The van der Waals surface area contributed by atoms with Gasteiger partial charge in [0.25, 0.3) is 0 Å². The summed E-state index contributed by atoms with van der Waals surface area (Å²) < 4.78 is 0. The average Bonchev–Trinajstić information content (AvgIpc) is 2.53. The summed E-state index contributed by atoms with van der Waals surface area (Å²) >= 11 is 0. The molecule has 0 aliphatic heterocycles. The molecule has 1 heteroatoms. The van der Waals surface area contributed by atoms with Crippen LogP contribution in [-0.2, 0) is 5.60 Å². The SMILES string of the molecule is CCCC1CCCC(O)(c2ccc(C)cc2C)CC1. The van der Waals surface area contributed by atoms with E-state index < -0.39 is 5.60 Å². The third-order valence-corrected chi connectivity index (χ3v) is 4.75. The maximum absolute atomic E-state index is 11.1. The first-order valence-electron chi connectivity index (χ1n) is 7.85. The van der Waals surface area contributed by atoms with E-state index in [1.807, 2.05) is 0 Å². The van der Waals surface area contributed by atoms with E-state index in [1.54, 1.807) is 0 Å². The Labute approximate surface area is 118 Å². The minimum atomic E-state index is -0.583. The van der Waals surface area contributed by atoms with Gasteiger partial charge in [-0.1, -0.05) is 49.9 Å². The van der Waals surface area contributed by atoms with Crippen molar-refractivity contribution in [1.82, 2.24) is 0 Å². The van der Waals surface area contributed by atoms with Gasteiger partial charge < -0.3 is 5.11 Å². The largest absolute Gasteiger partial charge is 0.385 e. The quantitative estimate of drug-likeness (QED) is 0.769. The van der Waals surface area contributed by atoms with Crippen LogP contribution in [0.1, 0.15) is 68.6 Å². The summed E-state index contributed by atoms with van der Waals surface area (Å²) in [4.78, 5) is 0. The zero-order valence-corrected chi connectivity index (χ0v) is 12.7. The van der Waals surface area contributed by atoms with Crippen molar-refractivity contribution in [3.8, 4) is 0 Å². The Morgan fingerprint density at radius 1 is 1.21 bits per heavy atom. The number of benzene rings is 1. The fraction of sp³-hybridized carbons (Fsp3) is 0.667. The van der Waals surface area contributed by atoms with Crippen molar-refractivity contribution in [3.63, 3.8) is 0 Å². The highest BCUT2D eigenvalue weighted by atomic mass is 16.3. The lowest BCUT2D eigenvalue weighted by molar-refractivity contribution is 0.0189. The van der Waals surface area contributed by atoms with E-state index in [4.69, 9.17) is 0 Å². The van der Waals surface area contributed by atoms with Crippen LogP contribution >= 0.6 is 0 Å². The highest BCUT2D eigenvalue weighted by Crippen LogP contribution is 2.40. The second-order valence-electron chi connectivity index (χ2n) is 6.44. The highest BCUT2D eigenvalue weighted by Gasteiger charge is 2.33. The molecule has 1 N–H and O–H groups in total. The molecule has 0 saturated heterocycles. The molecule has 1 aromatic rings. The lowest BCUT2D eigenvalue weighted by Crippen LogP contribution is -2.26. The Hall–Kier alpha value is -0.820. The van der Waals surface area contributed by atoms with Crippen LogP contribution in [0.15, 0.2) is 18.2 Å². The van der Waals surface area contributed by atoms with Gasteiger partial charge in [-0.05, 0) is 56.6 Å². The predicted octanol–water partition coefficient (Wildman–Crippen LogP) is 4.87. The van der Waals surface area contributed by atoms with E-state index in [0.29, 0.717) is 0 Å². The molecule has 0 radical (unpaired) electrons. The maximum atomic E-state index is 11.1. The Kier molecular flexibility index (Phi) is 4.67. The van der Waals surface area contributed by atoms with Crippen LogP contribution in [0, 0.1) is 19.8 Å². The van der Waals surface area contributed by atoms with Gasteiger partial charge in [0.1, 0.15) is 0 Å². The molecule has 0 heterocycles. The zero-order valence-electron chi connectivity index (χ0n) is 12.7. The van der Waals surface area contributed by atoms with E-state index in [2.05, 4.69) is 39.0 Å². The van der Waals surface area contributed by atoms with Gasteiger partial charge in [0.2, 0.25) is 0 Å². The number of hydrogen-bond acceptors (Lipinski definition) is 1. The average molecular weight is 260 g/mol. The topological polar surface area (TPSA) is 20.2 Å². The molecular formula is C18H28O. The van der Waals surface area contributed by atoms with Gasteiger partial charge in [-0.15, -0.1) is 0 Å². The number of hydrogen-bond donors (Lipinski definition) is 1. The summed E-state index contributed by atoms with van der Waals surface area (Å²) in [5, 5.41) is 11.1. The Morgan fingerprint density at radius 3 is 2.68 bits per heavy atom. The number of aryl methyl sites for hydroxylation is 2. The van der Waals surface area contributed by atoms with Crippen LogP contribution in [0.3, 0.4) is 0 Å². The van der Waals surface area contributed by atoms with E-state index >= 15 is 0 Å². The smallest absolute Gasteiger partial charge is 0.0899 e. The lowest BCUT2D eigenvalue weighted by Gasteiger charge is -2.29. The first-order valence-corrected chi connectivity index (χ1v) is 7.85. The molecule has 0 amide bonds. The van der Waals surface area contributed by atoms with Crippen LogP contribution in [0.5, 0.6) is 0 Å². The summed E-state index contributed by atoms with van der Waals surface area (Å²) in [7, 11) is 0. The fourth-order valence-corrected chi connectivity index (χ4v) is 3.70. The van der Waals surface area contributed by atoms with E-state index in [1.165, 1.54) is 36.8 Å². The van der Waals surface area contributed by atoms with Crippen molar-refractivity contribution in [1.29, 1.82) is 0 Å². The van der Waals surface area contributed by atoms with Crippen molar-refractivity contribution in [2.75, 3.05) is 0 Å². The van der Waals surface area contributed by atoms with Gasteiger partial charge >= 0.3 is 0 Å². The van der Waals surface area contributed by atoms with Gasteiger partial charge in [-0.25, -0.2) is 0 Å². The summed E-state index contributed by atoms with van der Waals surface area (Å²) in [6.07, 6.45) is 8.08. The molecule has 0 aromatic heterocycles. The first kappa shape index (κ1) is 14.6. The van der Waals surface area contributed by atoms with Gasteiger partial charge in [0.05, 0.1) is 5.60 Å². The monoisotopic (exact) mass is 260 g/mol. The molecule has 2 unspecified atom stereocenters. The third kappa shape index (κ3) is 3.39. The van der Waals surface area contributed by atoms with Crippen molar-refractivity contribution in [3.05, 3.63) is 34.9 Å². The molecule has 106 valence electrons. The summed E-state index contributed by atoms with van der Waals surface area (Å²) in [5.41, 5.74) is 3.11. The summed E-state index contributed by atoms with van der Waals surface area (Å²) in [6.45, 7) is 6.52. The molecule has 1 nitrogen and oxygen atoms in total. The van der Waals surface area contributed by atoms with Crippen LogP contribution in [0.4, 0.5) is 0 Å². The minimum absolute atomic E-state index is 0.583. The normalized spacial score (nSPS) is 28.1. The molecule has 0 spiro atoms. The second-order valence-corrected chi connectivity index (χ2v) is 6.44. The first-order chi connectivity index (χ1) is 9.05. The summed E-state index contributed by atoms with van der Waals surface area (Å²) in [6, 6.07) is 6.47. The number of rotatable bonds is 3. The van der Waals surface area contributed by atoms with E-state index in [0.717, 1.165) is 30.7 Å². The fourth-order valence-electron chi connectivity index (χ4n) is 3.70. The van der Waals surface area contributed by atoms with Gasteiger partial charge in [-0.3, -0.25) is 0 Å². The molecule has 1 aliphatic rings. The van der Waals surface area contributed by atoms with Crippen molar-refractivity contribution < 1.29 is 5.11 Å². The molecule has 0 bridgehead atoms. The molecular weight excluding hydrogens is 232 g/mol. The number of aliphatic hydroxyl groups is 1. The molecule has 1 saturated carbocycles. The Bertz CT molecular complexity index is 424. The van der Waals surface area contributed by atoms with Crippen LogP contribution in [0.25, 0.3) is 0 Å². The van der Waals surface area contributed by atoms with Crippen LogP contribution in [-0.4, -0.2) is 5.11 Å². The van der Waals surface area contributed by atoms with Crippen molar-refractivity contribution in [2.24, 2.45) is 5.92 Å². The van der Waals surface area contributed by atoms with Gasteiger partial charge in [-0.2, -0.15) is 0 Å². The van der Waals surface area contributed by atoms with Gasteiger partial charge in [0.15, 0.2) is 0 Å². The molecule has 19 heavy (non-hydrogen) atoms. The second kappa shape index (κ2) is 6.09. The standard InChI is InChI=1S/C18H28O/c1-4-6-16-7-5-11-18(19,12-10-16)17-9-8-14(2)13-15(17)3/h8-9,13,16,19H,4-7,10-12H2,1-3H3. The van der Waals surface area contributed by atoms with E-state index in [9.17, 15) is 5.11 Å². The molecule has 1 aliphatic carbocycles. The van der Waals surface area contributed by atoms with Crippen molar-refractivity contribution in [2.45, 2.75) is 71.3 Å². The van der Waals surface area contributed by atoms with E-state index in [-0.39, 0.29) is 0 Å². The zero-order chi connectivity index (χ0) is 13.9. The van der Waals surface area contributed by atoms with Crippen LogP contribution < -0.4 is 0 Å². The van der Waals surface area contributed by atoms with Crippen LogP contribution in [0.2, 0.25) is 0 Å². The molecule has 2 atom stereocenters. The molecule has 1 aromatic carbocycles.